The lowest BCUT2D eigenvalue weighted by Crippen LogP contribution is -2.22. The number of carbonyl (C=O) groups excluding carboxylic acids is 1. The molecule has 162 valence electrons. The van der Waals surface area contributed by atoms with E-state index >= 15 is 0 Å². The Hall–Kier alpha value is -3.19. The normalized spacial score (nSPS) is 19.6. The molecule has 1 aliphatic heterocycles. The van der Waals surface area contributed by atoms with E-state index in [1.54, 1.807) is 12.4 Å². The summed E-state index contributed by atoms with van der Waals surface area (Å²) in [6.45, 7) is 0.658. The van der Waals surface area contributed by atoms with Gasteiger partial charge in [-0.05, 0) is 48.4 Å². The van der Waals surface area contributed by atoms with Crippen molar-refractivity contribution in [2.24, 2.45) is 4.99 Å². The lowest BCUT2D eigenvalue weighted by Gasteiger charge is -2.17. The van der Waals surface area contributed by atoms with E-state index in [1.807, 2.05) is 47.3 Å². The van der Waals surface area contributed by atoms with Gasteiger partial charge >= 0.3 is 0 Å². The molecule has 1 aromatic carbocycles. The molecule has 1 N–H and O–H groups in total. The van der Waals surface area contributed by atoms with E-state index in [2.05, 4.69) is 22.4 Å². The van der Waals surface area contributed by atoms with Crippen LogP contribution in [-0.4, -0.2) is 31.9 Å². The molecule has 1 saturated carbocycles. The summed E-state index contributed by atoms with van der Waals surface area (Å²) in [4.78, 5) is 22.3. The van der Waals surface area contributed by atoms with Gasteiger partial charge in [0.05, 0.1) is 17.5 Å². The van der Waals surface area contributed by atoms with Crippen LogP contribution in [0.15, 0.2) is 71.0 Å². The summed E-state index contributed by atoms with van der Waals surface area (Å²) in [7, 11) is 0. The highest BCUT2D eigenvalue weighted by Crippen LogP contribution is 2.31. The van der Waals surface area contributed by atoms with Crippen LogP contribution in [-0.2, 0) is 11.3 Å². The third-order valence-corrected chi connectivity index (χ3v) is 6.65. The summed E-state index contributed by atoms with van der Waals surface area (Å²) >= 11 is 1.42. The van der Waals surface area contributed by atoms with Gasteiger partial charge in [0.2, 0.25) is 0 Å². The largest absolute Gasteiger partial charge is 0.301 e. The number of nitrogens with one attached hydrogen (secondary N) is 1. The van der Waals surface area contributed by atoms with Crippen LogP contribution in [0.1, 0.15) is 43.2 Å². The Morgan fingerprint density at radius 1 is 1.12 bits per heavy atom. The van der Waals surface area contributed by atoms with Crippen molar-refractivity contribution in [1.29, 1.82) is 0 Å². The standard InChI is InChI=1S/C25H25N5OS/c31-24-22(32-25(28-24)27-21-11-5-2-6-12-21)14-20-17-30(16-18-8-3-1-4-9-18)29-23(20)19-10-7-13-26-15-19/h1,3-4,7-10,13-15,17,21H,2,5-6,11-12,16H2,(H,27,28,31)/b22-14-. The van der Waals surface area contributed by atoms with E-state index in [1.165, 1.54) is 36.6 Å². The van der Waals surface area contributed by atoms with Crippen molar-refractivity contribution in [1.82, 2.24) is 20.1 Å². The Balaban J connectivity index is 1.44. The highest BCUT2D eigenvalue weighted by atomic mass is 32.2. The quantitative estimate of drug-likeness (QED) is 0.570. The van der Waals surface area contributed by atoms with Crippen LogP contribution in [0, 0.1) is 0 Å². The number of thioether (sulfide) groups is 1. The number of benzene rings is 1. The molecule has 2 aliphatic rings. The van der Waals surface area contributed by atoms with Crippen LogP contribution < -0.4 is 5.32 Å². The van der Waals surface area contributed by atoms with E-state index in [9.17, 15) is 4.79 Å². The fourth-order valence-electron chi connectivity index (χ4n) is 4.13. The first-order chi connectivity index (χ1) is 15.7. The number of aromatic nitrogens is 3. The lowest BCUT2D eigenvalue weighted by molar-refractivity contribution is -0.115. The maximum absolute atomic E-state index is 12.7. The van der Waals surface area contributed by atoms with Gasteiger partial charge in [-0.15, -0.1) is 0 Å². The van der Waals surface area contributed by atoms with Crippen LogP contribution >= 0.6 is 11.8 Å². The molecule has 2 aromatic heterocycles. The van der Waals surface area contributed by atoms with Crippen LogP contribution in [0.25, 0.3) is 17.3 Å². The highest BCUT2D eigenvalue weighted by Gasteiger charge is 2.26. The number of amidine groups is 1. The van der Waals surface area contributed by atoms with Crippen molar-refractivity contribution in [3.05, 3.63) is 77.1 Å². The molecule has 6 nitrogen and oxygen atoms in total. The van der Waals surface area contributed by atoms with Crippen molar-refractivity contribution < 1.29 is 4.79 Å². The molecule has 0 spiro atoms. The number of nitrogens with zero attached hydrogens (tertiary/aromatic N) is 4. The lowest BCUT2D eigenvalue weighted by atomic mass is 9.96. The third-order valence-electron chi connectivity index (χ3n) is 5.72. The van der Waals surface area contributed by atoms with Gasteiger partial charge in [0, 0.05) is 29.7 Å². The second-order valence-corrected chi connectivity index (χ2v) is 9.18. The third kappa shape index (κ3) is 4.83. The number of amides is 1. The van der Waals surface area contributed by atoms with E-state index in [0.717, 1.165) is 29.7 Å². The fraction of sp³-hybridized carbons (Fsp3) is 0.280. The molecule has 1 saturated heterocycles. The highest BCUT2D eigenvalue weighted by molar-refractivity contribution is 8.18. The first-order valence-electron chi connectivity index (χ1n) is 11.0. The molecule has 0 atom stereocenters. The van der Waals surface area contributed by atoms with Crippen molar-refractivity contribution in [2.75, 3.05) is 0 Å². The zero-order valence-electron chi connectivity index (χ0n) is 17.8. The van der Waals surface area contributed by atoms with Gasteiger partial charge in [0.25, 0.3) is 5.91 Å². The topological polar surface area (TPSA) is 72.2 Å². The monoisotopic (exact) mass is 443 g/mol. The fourth-order valence-corrected chi connectivity index (χ4v) is 5.01. The van der Waals surface area contributed by atoms with Crippen LogP contribution in [0.3, 0.4) is 0 Å². The minimum Gasteiger partial charge on any atom is -0.301 e. The van der Waals surface area contributed by atoms with Gasteiger partial charge in [-0.3, -0.25) is 19.5 Å². The molecule has 5 rings (SSSR count). The number of pyridine rings is 1. The second kappa shape index (κ2) is 9.53. The average molecular weight is 444 g/mol. The first-order valence-corrected chi connectivity index (χ1v) is 11.9. The van der Waals surface area contributed by atoms with Gasteiger partial charge in [0.15, 0.2) is 5.17 Å². The van der Waals surface area contributed by atoms with E-state index in [-0.39, 0.29) is 5.91 Å². The molecular weight excluding hydrogens is 418 g/mol. The Bertz CT molecular complexity index is 1150. The molecule has 3 heterocycles. The van der Waals surface area contributed by atoms with Crippen molar-refractivity contribution in [3.63, 3.8) is 0 Å². The molecule has 0 bridgehead atoms. The van der Waals surface area contributed by atoms with Gasteiger partial charge < -0.3 is 5.32 Å². The molecule has 1 amide bonds. The number of rotatable bonds is 5. The maximum Gasteiger partial charge on any atom is 0.264 e. The average Bonchev–Trinajstić information content (AvgIpc) is 3.38. The van der Waals surface area contributed by atoms with Gasteiger partial charge in [0.1, 0.15) is 5.69 Å². The van der Waals surface area contributed by atoms with E-state index in [0.29, 0.717) is 22.7 Å². The zero-order valence-corrected chi connectivity index (χ0v) is 18.6. The second-order valence-electron chi connectivity index (χ2n) is 8.15. The van der Waals surface area contributed by atoms with Crippen LogP contribution in [0.5, 0.6) is 0 Å². The van der Waals surface area contributed by atoms with Gasteiger partial charge in [-0.1, -0.05) is 49.6 Å². The summed E-state index contributed by atoms with van der Waals surface area (Å²) < 4.78 is 1.92. The predicted octanol–water partition coefficient (Wildman–Crippen LogP) is 4.89. The molecule has 32 heavy (non-hydrogen) atoms. The van der Waals surface area contributed by atoms with Crippen molar-refractivity contribution >= 4 is 28.9 Å². The Labute approximate surface area is 191 Å². The van der Waals surface area contributed by atoms with Crippen LogP contribution in [0.2, 0.25) is 0 Å². The van der Waals surface area contributed by atoms with E-state index < -0.39 is 0 Å². The van der Waals surface area contributed by atoms with Crippen molar-refractivity contribution in [3.8, 4) is 11.3 Å². The summed E-state index contributed by atoms with van der Waals surface area (Å²) in [5.74, 6) is -0.0995. The van der Waals surface area contributed by atoms with Crippen LogP contribution in [0.4, 0.5) is 0 Å². The predicted molar refractivity (Wildman–Crippen MR) is 129 cm³/mol. The molecule has 1 aliphatic carbocycles. The summed E-state index contributed by atoms with van der Waals surface area (Å²) in [5, 5.41) is 8.48. The van der Waals surface area contributed by atoms with Gasteiger partial charge in [-0.2, -0.15) is 5.10 Å². The summed E-state index contributed by atoms with van der Waals surface area (Å²) in [5.41, 5.74) is 3.80. The SMILES string of the molecule is O=C1NC(=NC2CCCCC2)S/C1=C\c1cn(Cc2ccccc2)nc1-c1cccnc1. The maximum atomic E-state index is 12.7. The smallest absolute Gasteiger partial charge is 0.264 e. The number of hydrogen-bond acceptors (Lipinski definition) is 5. The number of carbonyl (C=O) groups is 1. The number of aliphatic imine (C=N–C) groups is 1. The molecular formula is C25H25N5OS. The minimum atomic E-state index is -0.0995. The Morgan fingerprint density at radius 2 is 1.97 bits per heavy atom. The Morgan fingerprint density at radius 3 is 2.75 bits per heavy atom. The molecule has 0 radical (unpaired) electrons. The molecule has 0 unspecified atom stereocenters. The molecule has 2 fully saturated rings. The van der Waals surface area contributed by atoms with Crippen molar-refractivity contribution in [2.45, 2.75) is 44.7 Å². The summed E-state index contributed by atoms with van der Waals surface area (Å²) in [6.07, 6.45) is 13.4. The van der Waals surface area contributed by atoms with Gasteiger partial charge in [-0.25, -0.2) is 0 Å². The first kappa shape index (κ1) is 20.7. The molecule has 7 heteroatoms. The minimum absolute atomic E-state index is 0.0995. The summed E-state index contributed by atoms with van der Waals surface area (Å²) in [6, 6.07) is 14.4. The zero-order chi connectivity index (χ0) is 21.8. The Kier molecular flexibility index (Phi) is 6.16. The van der Waals surface area contributed by atoms with E-state index in [4.69, 9.17) is 10.1 Å². The number of hydrogen-bond donors (Lipinski definition) is 1. The molecule has 3 aromatic rings.